The molecule has 4 nitrogen and oxygen atoms in total. The molecule has 1 aromatic heterocycles. The summed E-state index contributed by atoms with van der Waals surface area (Å²) in [4.78, 5) is 10.9. The summed E-state index contributed by atoms with van der Waals surface area (Å²) < 4.78 is 0. The molecule has 5 heteroatoms. The van der Waals surface area contributed by atoms with Crippen LogP contribution in [-0.4, -0.2) is 24.1 Å². The fraction of sp³-hybridized carbons (Fsp3) is 0.600. The lowest BCUT2D eigenvalue weighted by Crippen LogP contribution is -2.16. The number of nitrogens with zero attached hydrogens (tertiary/aromatic N) is 3. The maximum absolute atomic E-state index is 5.68. The number of halogens is 1. The second-order valence-electron chi connectivity index (χ2n) is 3.85. The van der Waals surface area contributed by atoms with Gasteiger partial charge in [0.1, 0.15) is 0 Å². The molecule has 0 atom stereocenters. The van der Waals surface area contributed by atoms with Gasteiger partial charge in [0.2, 0.25) is 5.95 Å². The van der Waals surface area contributed by atoms with Crippen molar-refractivity contribution in [1.82, 2.24) is 9.97 Å². The molecular weight excluding hydrogens is 212 g/mol. The van der Waals surface area contributed by atoms with Gasteiger partial charge in [-0.05, 0) is 24.8 Å². The normalized spacial score (nSPS) is 13.3. The zero-order valence-electron chi connectivity index (χ0n) is 9.16. The fourth-order valence-corrected chi connectivity index (χ4v) is 1.86. The van der Waals surface area contributed by atoms with Gasteiger partial charge in [0, 0.05) is 26.3 Å². The monoisotopic (exact) mass is 228 g/mol. The molecule has 2 rings (SSSR count). The summed E-state index contributed by atoms with van der Waals surface area (Å²) in [6.07, 6.45) is 3.36. The zero-order chi connectivity index (χ0) is 10.1. The van der Waals surface area contributed by atoms with E-state index in [4.69, 9.17) is 5.73 Å². The maximum atomic E-state index is 5.68. The predicted molar refractivity (Wildman–Crippen MR) is 63.5 cm³/mol. The summed E-state index contributed by atoms with van der Waals surface area (Å²) >= 11 is 0. The van der Waals surface area contributed by atoms with Crippen LogP contribution in [-0.2, 0) is 19.4 Å². The number of hydrogen-bond donors (Lipinski definition) is 1. The Morgan fingerprint density at radius 3 is 2.60 bits per heavy atom. The minimum absolute atomic E-state index is 0. The average Bonchev–Trinajstić information content (AvgIpc) is 2.63. The summed E-state index contributed by atoms with van der Waals surface area (Å²) in [5, 5.41) is 0. The summed E-state index contributed by atoms with van der Waals surface area (Å²) in [6.45, 7) is 0.520. The van der Waals surface area contributed by atoms with Crippen LogP contribution in [0, 0.1) is 0 Å². The Morgan fingerprint density at radius 1 is 1.27 bits per heavy atom. The number of aromatic nitrogens is 2. The fourth-order valence-electron chi connectivity index (χ4n) is 1.86. The van der Waals surface area contributed by atoms with Gasteiger partial charge in [0.25, 0.3) is 0 Å². The van der Waals surface area contributed by atoms with Gasteiger partial charge in [-0.2, -0.15) is 0 Å². The van der Waals surface area contributed by atoms with Gasteiger partial charge in [0.15, 0.2) is 0 Å². The van der Waals surface area contributed by atoms with E-state index >= 15 is 0 Å². The van der Waals surface area contributed by atoms with Gasteiger partial charge in [-0.3, -0.25) is 0 Å². The van der Waals surface area contributed by atoms with E-state index < -0.39 is 0 Å². The van der Waals surface area contributed by atoms with Crippen LogP contribution >= 0.6 is 12.4 Å². The number of nitrogens with two attached hydrogens (primary N) is 1. The van der Waals surface area contributed by atoms with Crippen molar-refractivity contribution in [3.63, 3.8) is 0 Å². The van der Waals surface area contributed by atoms with E-state index in [0.29, 0.717) is 6.54 Å². The van der Waals surface area contributed by atoms with Crippen molar-refractivity contribution in [3.8, 4) is 0 Å². The molecule has 0 saturated carbocycles. The van der Waals surface area contributed by atoms with Crippen molar-refractivity contribution in [3.05, 3.63) is 17.0 Å². The van der Waals surface area contributed by atoms with Crippen LogP contribution < -0.4 is 10.6 Å². The number of aryl methyl sites for hydroxylation is 1. The van der Waals surface area contributed by atoms with Gasteiger partial charge in [0.05, 0.1) is 5.69 Å². The molecule has 0 amide bonds. The molecule has 0 bridgehead atoms. The summed E-state index contributed by atoms with van der Waals surface area (Å²) in [7, 11) is 3.91. The van der Waals surface area contributed by atoms with Crippen LogP contribution in [0.3, 0.4) is 0 Å². The first-order valence-electron chi connectivity index (χ1n) is 4.98. The van der Waals surface area contributed by atoms with Crippen molar-refractivity contribution in [1.29, 1.82) is 0 Å². The molecule has 0 aromatic carbocycles. The van der Waals surface area contributed by atoms with Gasteiger partial charge in [-0.1, -0.05) is 0 Å². The lowest BCUT2D eigenvalue weighted by Gasteiger charge is -2.13. The first-order chi connectivity index (χ1) is 6.72. The van der Waals surface area contributed by atoms with E-state index in [0.717, 1.165) is 24.5 Å². The third kappa shape index (κ3) is 2.21. The van der Waals surface area contributed by atoms with Crippen molar-refractivity contribution < 1.29 is 0 Å². The van der Waals surface area contributed by atoms with E-state index in [2.05, 4.69) is 9.97 Å². The van der Waals surface area contributed by atoms with Crippen LogP contribution in [0.15, 0.2) is 0 Å². The highest BCUT2D eigenvalue weighted by atomic mass is 35.5. The number of anilines is 1. The van der Waals surface area contributed by atoms with Crippen LogP contribution in [0.5, 0.6) is 0 Å². The van der Waals surface area contributed by atoms with Crippen LogP contribution in [0.1, 0.15) is 23.4 Å². The smallest absolute Gasteiger partial charge is 0.225 e. The second-order valence-corrected chi connectivity index (χ2v) is 3.85. The quantitative estimate of drug-likeness (QED) is 0.818. The largest absolute Gasteiger partial charge is 0.347 e. The molecule has 0 radical (unpaired) electrons. The maximum Gasteiger partial charge on any atom is 0.225 e. The molecule has 2 N–H and O–H groups in total. The molecule has 1 aliphatic carbocycles. The molecule has 0 spiro atoms. The zero-order valence-corrected chi connectivity index (χ0v) is 9.97. The van der Waals surface area contributed by atoms with Crippen LogP contribution in [0.25, 0.3) is 0 Å². The molecular formula is C10H17ClN4. The predicted octanol–water partition coefficient (Wildman–Crippen LogP) is 0.912. The molecule has 0 saturated heterocycles. The molecule has 84 valence electrons. The number of hydrogen-bond acceptors (Lipinski definition) is 4. The van der Waals surface area contributed by atoms with Crippen molar-refractivity contribution >= 4 is 18.4 Å². The van der Waals surface area contributed by atoms with Crippen molar-refractivity contribution in [2.24, 2.45) is 5.73 Å². The van der Waals surface area contributed by atoms with E-state index in [1.165, 1.54) is 17.7 Å². The Labute approximate surface area is 96.3 Å². The van der Waals surface area contributed by atoms with Crippen molar-refractivity contribution in [2.75, 3.05) is 19.0 Å². The first-order valence-corrected chi connectivity index (χ1v) is 4.98. The number of fused-ring (bicyclic) bond motifs is 1. The Hall–Kier alpha value is -0.870. The summed E-state index contributed by atoms with van der Waals surface area (Å²) in [6, 6.07) is 0. The molecule has 1 aliphatic rings. The molecule has 0 unspecified atom stereocenters. The second kappa shape index (κ2) is 4.77. The minimum Gasteiger partial charge on any atom is -0.347 e. The van der Waals surface area contributed by atoms with Crippen LogP contribution in [0.2, 0.25) is 0 Å². The van der Waals surface area contributed by atoms with Crippen LogP contribution in [0.4, 0.5) is 5.95 Å². The number of rotatable bonds is 2. The topological polar surface area (TPSA) is 55.0 Å². The van der Waals surface area contributed by atoms with E-state index in [1.54, 1.807) is 0 Å². The Kier molecular flexibility index (Phi) is 3.88. The Bertz CT molecular complexity index is 352. The van der Waals surface area contributed by atoms with Crippen molar-refractivity contribution in [2.45, 2.75) is 25.8 Å². The summed E-state index contributed by atoms with van der Waals surface area (Å²) in [5.74, 6) is 0.783. The standard InChI is InChI=1S/C10H16N4.ClH/c1-14(2)10-12-8-5-3-4-7(8)9(6-11)13-10;/h3-6,11H2,1-2H3;1H. The lowest BCUT2D eigenvalue weighted by molar-refractivity contribution is 0.886. The van der Waals surface area contributed by atoms with Gasteiger partial charge in [-0.25, -0.2) is 9.97 Å². The third-order valence-electron chi connectivity index (χ3n) is 2.60. The van der Waals surface area contributed by atoms with Gasteiger partial charge < -0.3 is 10.6 Å². The SMILES string of the molecule is CN(C)c1nc(CN)c2c(n1)CCC2.Cl. The van der Waals surface area contributed by atoms with E-state index in [9.17, 15) is 0 Å². The molecule has 0 aliphatic heterocycles. The molecule has 1 aromatic rings. The Morgan fingerprint density at radius 2 is 2.00 bits per heavy atom. The van der Waals surface area contributed by atoms with E-state index in [-0.39, 0.29) is 12.4 Å². The van der Waals surface area contributed by atoms with Gasteiger partial charge in [-0.15, -0.1) is 12.4 Å². The third-order valence-corrected chi connectivity index (χ3v) is 2.60. The highest BCUT2D eigenvalue weighted by Gasteiger charge is 2.18. The first kappa shape index (κ1) is 12.2. The molecule has 1 heterocycles. The average molecular weight is 229 g/mol. The molecule has 15 heavy (non-hydrogen) atoms. The minimum atomic E-state index is 0. The summed E-state index contributed by atoms with van der Waals surface area (Å²) in [5.41, 5.74) is 9.20. The lowest BCUT2D eigenvalue weighted by atomic mass is 10.2. The molecule has 0 fully saturated rings. The highest BCUT2D eigenvalue weighted by molar-refractivity contribution is 5.85. The van der Waals surface area contributed by atoms with E-state index in [1.807, 2.05) is 19.0 Å². The highest BCUT2D eigenvalue weighted by Crippen LogP contribution is 2.24. The van der Waals surface area contributed by atoms with Gasteiger partial charge >= 0.3 is 0 Å². The Balaban J connectivity index is 0.00000112.